The smallest absolute Gasteiger partial charge is 0.246 e. The summed E-state index contributed by atoms with van der Waals surface area (Å²) in [6.45, 7) is 2.27. The molecule has 78 heavy (non-hydrogen) atoms. The van der Waals surface area contributed by atoms with Gasteiger partial charge in [-0.05, 0) is 118 Å². The average Bonchev–Trinajstić information content (AvgIpc) is 3.93. The van der Waals surface area contributed by atoms with Gasteiger partial charge >= 0.3 is 0 Å². The normalized spacial score (nSPS) is 23.7. The highest BCUT2D eigenvalue weighted by Crippen LogP contribution is 2.40. The minimum atomic E-state index is -1.57. The molecular weight excluding hydrogens is 995 g/mol. The van der Waals surface area contributed by atoms with Gasteiger partial charge < -0.3 is 58.8 Å². The quantitative estimate of drug-likeness (QED) is 0.0334. The number of benzene rings is 3. The lowest BCUT2D eigenvalue weighted by Gasteiger charge is -2.41. The average molecular weight is 1070 g/mol. The summed E-state index contributed by atoms with van der Waals surface area (Å²) in [7, 11) is 1.59. The Bertz CT molecular complexity index is 2770. The Morgan fingerprint density at radius 2 is 1.46 bits per heavy atom. The maximum absolute atomic E-state index is 15.3. The van der Waals surface area contributed by atoms with Crippen LogP contribution in [0.1, 0.15) is 119 Å². The van der Waals surface area contributed by atoms with E-state index in [0.717, 1.165) is 22.9 Å². The molecule has 2 aliphatic rings. The first kappa shape index (κ1) is 59.2. The van der Waals surface area contributed by atoms with E-state index < -0.39 is 71.1 Å². The van der Waals surface area contributed by atoms with Gasteiger partial charge in [-0.25, -0.2) is 0 Å². The second-order valence-corrected chi connectivity index (χ2v) is 20.4. The van der Waals surface area contributed by atoms with Crippen LogP contribution < -0.4 is 53.8 Å². The number of fused-ring (bicyclic) bond motifs is 1. The molecule has 2 heterocycles. The van der Waals surface area contributed by atoms with E-state index in [1.165, 1.54) is 12.2 Å². The number of primary amides is 1. The zero-order valence-corrected chi connectivity index (χ0v) is 44.8. The highest BCUT2D eigenvalue weighted by Gasteiger charge is 2.46. The van der Waals surface area contributed by atoms with Crippen LogP contribution in [0.3, 0.4) is 0 Å². The van der Waals surface area contributed by atoms with Crippen LogP contribution >= 0.6 is 0 Å². The summed E-state index contributed by atoms with van der Waals surface area (Å²) >= 11 is 0. The van der Waals surface area contributed by atoms with Crippen molar-refractivity contribution in [1.29, 1.82) is 0 Å². The molecule has 20 heteroatoms. The third kappa shape index (κ3) is 17.5. The monoisotopic (exact) mass is 1070 g/mol. The molecule has 6 rings (SSSR count). The molecular formula is C58H77N11O9. The number of aliphatic imine (C=N–C) groups is 1. The molecule has 4 aromatic rings. The lowest BCUT2D eigenvalue weighted by Crippen LogP contribution is -2.64. The molecule has 418 valence electrons. The fourth-order valence-corrected chi connectivity index (χ4v) is 10.1. The molecule has 1 aliphatic heterocycles. The first-order valence-corrected chi connectivity index (χ1v) is 27.2. The Balaban J connectivity index is 1.39. The zero-order chi connectivity index (χ0) is 56.0. The van der Waals surface area contributed by atoms with Gasteiger partial charge in [-0.15, -0.1) is 0 Å². The first-order chi connectivity index (χ1) is 37.6. The van der Waals surface area contributed by atoms with Gasteiger partial charge in [0.1, 0.15) is 35.5 Å². The van der Waals surface area contributed by atoms with Gasteiger partial charge in [0.25, 0.3) is 0 Å². The van der Waals surface area contributed by atoms with Crippen molar-refractivity contribution in [1.82, 2.24) is 36.9 Å². The summed E-state index contributed by atoms with van der Waals surface area (Å²) in [5, 5.41) is 18.2. The number of ether oxygens (including phenoxy) is 1. The van der Waals surface area contributed by atoms with Crippen molar-refractivity contribution >= 4 is 64.0 Å². The number of hydrogen-bond acceptors (Lipinski definition) is 10. The number of carbonyl (C=O) groups excluding carboxylic acids is 8. The maximum Gasteiger partial charge on any atom is 0.246 e. The van der Waals surface area contributed by atoms with E-state index in [4.69, 9.17) is 21.9 Å². The predicted octanol–water partition coefficient (Wildman–Crippen LogP) is 3.66. The standard InChI is InChI=1S/C58H77N11O9/c1-3-4-17-42(70)25-23-39-24-26-50(71)62-31-11-10-21-46(51(59)72)65-55(76)49(35-41-36-64-45-20-9-8-19-44(41)45)67-53(74)47(22-13-32-63-57(60)61)66-54(75)48(33-37-14-6-5-7-15-37)68-56(77)58(69-52(39)73)29-27-38(28-30-58)40-16-12-18-43(34-40)78-2/h5-9,12,14-16,18-20,23,25,34,36,38-39,46-49,64H,3-4,10-11,13,17,21-22,24,26-33,35H2,1-2H3,(H2,59,72)(H,62,71)(H,65,76)(H,66,75)(H,67,74)(H,68,77)(H,69,73)(H4,60,61,63)/b25-23+/t38?,39?,46-,47-,48+,49-,58?/m0/s1. The second-order valence-electron chi connectivity index (χ2n) is 20.4. The number of amides is 7. The molecule has 0 radical (unpaired) electrons. The van der Waals surface area contributed by atoms with Gasteiger partial charge in [0.15, 0.2) is 11.7 Å². The summed E-state index contributed by atoms with van der Waals surface area (Å²) in [6, 6.07) is 19.0. The van der Waals surface area contributed by atoms with Crippen molar-refractivity contribution < 1.29 is 43.1 Å². The Labute approximate surface area is 455 Å². The van der Waals surface area contributed by atoms with E-state index >= 15 is 4.79 Å². The van der Waals surface area contributed by atoms with Gasteiger partial charge in [-0.3, -0.25) is 43.3 Å². The fourth-order valence-electron chi connectivity index (χ4n) is 10.1. The van der Waals surface area contributed by atoms with E-state index in [9.17, 15) is 33.6 Å². The van der Waals surface area contributed by atoms with Crippen LogP contribution in [0.4, 0.5) is 0 Å². The maximum atomic E-state index is 15.3. The van der Waals surface area contributed by atoms with Crippen LogP contribution in [0.15, 0.2) is 102 Å². The van der Waals surface area contributed by atoms with E-state index in [-0.39, 0.29) is 101 Å². The number of guanidine groups is 1. The molecule has 3 aromatic carbocycles. The molecule has 20 nitrogen and oxygen atoms in total. The summed E-state index contributed by atoms with van der Waals surface area (Å²) in [6.07, 6.45) is 8.45. The second kappa shape index (κ2) is 29.5. The number of aromatic nitrogens is 1. The van der Waals surface area contributed by atoms with Crippen molar-refractivity contribution in [3.8, 4) is 5.75 Å². The molecule has 2 fully saturated rings. The first-order valence-electron chi connectivity index (χ1n) is 27.2. The van der Waals surface area contributed by atoms with E-state index in [1.807, 2.05) is 61.5 Å². The molecule has 1 aromatic heterocycles. The van der Waals surface area contributed by atoms with Gasteiger partial charge in [0.05, 0.1) is 13.0 Å². The molecule has 1 saturated heterocycles. The highest BCUT2D eigenvalue weighted by molar-refractivity contribution is 5.99. The predicted molar refractivity (Wildman–Crippen MR) is 297 cm³/mol. The number of allylic oxidation sites excluding steroid dienone is 1. The fraction of sp³-hybridized carbons (Fsp3) is 0.466. The Morgan fingerprint density at radius 3 is 2.19 bits per heavy atom. The Kier molecular flexibility index (Phi) is 22.4. The molecule has 13 N–H and O–H groups in total. The number of methoxy groups -OCH3 is 1. The molecule has 1 unspecified atom stereocenters. The molecule has 1 aliphatic carbocycles. The minimum absolute atomic E-state index is 0.000527. The van der Waals surface area contributed by atoms with Crippen molar-refractivity contribution in [3.05, 3.63) is 114 Å². The van der Waals surface area contributed by atoms with Crippen molar-refractivity contribution in [3.63, 3.8) is 0 Å². The number of unbranched alkanes of at least 4 members (excludes halogenated alkanes) is 1. The summed E-state index contributed by atoms with van der Waals surface area (Å²) in [5.74, 6) is -5.27. The number of hydrogen-bond donors (Lipinski definition) is 10. The highest BCUT2D eigenvalue weighted by atomic mass is 16.5. The number of para-hydroxylation sites is 1. The van der Waals surface area contributed by atoms with E-state index in [1.54, 1.807) is 37.6 Å². The van der Waals surface area contributed by atoms with Crippen LogP contribution in [0.5, 0.6) is 5.75 Å². The summed E-state index contributed by atoms with van der Waals surface area (Å²) in [5.41, 5.74) is 18.7. The number of H-pyrrole nitrogens is 1. The number of nitrogens with two attached hydrogens (primary N) is 3. The number of rotatable bonds is 16. The van der Waals surface area contributed by atoms with Crippen LogP contribution in [-0.2, 0) is 51.2 Å². The van der Waals surface area contributed by atoms with Gasteiger partial charge in [-0.2, -0.15) is 0 Å². The molecule has 1 saturated carbocycles. The van der Waals surface area contributed by atoms with Crippen molar-refractivity contribution in [2.24, 2.45) is 28.1 Å². The SMILES string of the molecule is CCCCC(=O)/C=C/C1CCC(=O)NCCCC[C@@H](C(N)=O)NC(=O)[C@H](Cc2c[nH]c3ccccc23)NC(=O)[C@H](CCCN=C(N)N)NC(=O)[C@@H](Cc2ccccc2)NC(=O)C2(CCC(c3cccc(OC)c3)CC2)NC1=O. The van der Waals surface area contributed by atoms with Gasteiger partial charge in [0, 0.05) is 55.9 Å². The Morgan fingerprint density at radius 1 is 0.756 bits per heavy atom. The van der Waals surface area contributed by atoms with Gasteiger partial charge in [-0.1, -0.05) is 80.1 Å². The number of aromatic amines is 1. The summed E-state index contributed by atoms with van der Waals surface area (Å²) < 4.78 is 5.52. The molecule has 0 bridgehead atoms. The van der Waals surface area contributed by atoms with Crippen molar-refractivity contribution in [2.45, 2.75) is 145 Å². The molecule has 1 spiro atoms. The van der Waals surface area contributed by atoms with E-state index in [0.29, 0.717) is 49.0 Å². The Hall–Kier alpha value is -8.03. The van der Waals surface area contributed by atoms with Crippen molar-refractivity contribution in [2.75, 3.05) is 20.2 Å². The molecule has 5 atom stereocenters. The van der Waals surface area contributed by atoms with E-state index in [2.05, 4.69) is 41.9 Å². The lowest BCUT2D eigenvalue weighted by atomic mass is 9.73. The number of nitrogens with one attached hydrogen (secondary N) is 7. The molecule has 7 amide bonds. The van der Waals surface area contributed by atoms with Crippen LogP contribution in [0.2, 0.25) is 0 Å². The number of nitrogens with zero attached hydrogens (tertiary/aromatic N) is 1. The van der Waals surface area contributed by atoms with Crippen LogP contribution in [-0.4, -0.2) is 108 Å². The van der Waals surface area contributed by atoms with Crippen LogP contribution in [0.25, 0.3) is 10.9 Å². The van der Waals surface area contributed by atoms with Crippen LogP contribution in [0, 0.1) is 5.92 Å². The summed E-state index contributed by atoms with van der Waals surface area (Å²) in [4.78, 5) is 121. The topological polar surface area (TPSA) is 324 Å². The number of ketones is 1. The minimum Gasteiger partial charge on any atom is -0.497 e. The third-order valence-electron chi connectivity index (χ3n) is 14.6. The zero-order valence-electron chi connectivity index (χ0n) is 44.8. The van der Waals surface area contributed by atoms with Gasteiger partial charge in [0.2, 0.25) is 41.4 Å². The lowest BCUT2D eigenvalue weighted by molar-refractivity contribution is -0.139. The number of carbonyl (C=O) groups is 8. The largest absolute Gasteiger partial charge is 0.497 e. The third-order valence-corrected chi connectivity index (χ3v) is 14.6.